The average Bonchev–Trinajstić information content (AvgIpc) is 2.76. The van der Waals surface area contributed by atoms with Crippen LogP contribution >= 0.6 is 31.9 Å². The summed E-state index contributed by atoms with van der Waals surface area (Å²) in [6.45, 7) is 4.88. The molecule has 5 heteroatoms. The first kappa shape index (κ1) is 22.6. The van der Waals surface area contributed by atoms with Crippen molar-refractivity contribution >= 4 is 37.8 Å². The maximum Gasteiger partial charge on any atom is 0.343 e. The molecule has 0 bridgehead atoms. The fraction of sp³-hybridized carbons (Fsp3) is 0.240. The lowest BCUT2D eigenvalue weighted by molar-refractivity contribution is 0.0733. The average molecular weight is 532 g/mol. The summed E-state index contributed by atoms with van der Waals surface area (Å²) in [5.74, 6) is 1.24. The quantitative estimate of drug-likeness (QED) is 0.222. The molecular weight excluding hydrogens is 508 g/mol. The Hall–Kier alpha value is -2.11. The number of rotatable bonds is 8. The summed E-state index contributed by atoms with van der Waals surface area (Å²) in [5, 5.41) is 0. The first-order valence-electron chi connectivity index (χ1n) is 9.95. The van der Waals surface area contributed by atoms with Gasteiger partial charge in [-0.2, -0.15) is 0 Å². The van der Waals surface area contributed by atoms with Gasteiger partial charge in [0.15, 0.2) is 0 Å². The largest absolute Gasteiger partial charge is 0.492 e. The highest BCUT2D eigenvalue weighted by Crippen LogP contribution is 2.31. The van der Waals surface area contributed by atoms with Crippen molar-refractivity contribution in [3.05, 3.63) is 92.4 Å². The summed E-state index contributed by atoms with van der Waals surface area (Å²) in [4.78, 5) is 12.6. The van der Waals surface area contributed by atoms with E-state index < -0.39 is 5.97 Å². The minimum Gasteiger partial charge on any atom is -0.492 e. The van der Waals surface area contributed by atoms with Gasteiger partial charge >= 0.3 is 5.97 Å². The van der Waals surface area contributed by atoms with Crippen molar-refractivity contribution < 1.29 is 14.3 Å². The number of benzene rings is 3. The van der Waals surface area contributed by atoms with Gasteiger partial charge in [0.1, 0.15) is 11.5 Å². The molecule has 0 amide bonds. The van der Waals surface area contributed by atoms with Crippen molar-refractivity contribution in [3.63, 3.8) is 0 Å². The summed E-state index contributed by atoms with van der Waals surface area (Å²) in [6, 6.07) is 21.2. The van der Waals surface area contributed by atoms with E-state index in [0.29, 0.717) is 29.6 Å². The van der Waals surface area contributed by atoms with E-state index in [2.05, 4.69) is 57.8 Å². The van der Waals surface area contributed by atoms with Crippen molar-refractivity contribution in [3.8, 4) is 11.5 Å². The Balaban J connectivity index is 1.62. The Labute approximate surface area is 194 Å². The van der Waals surface area contributed by atoms with Crippen molar-refractivity contribution in [2.45, 2.75) is 32.6 Å². The number of carbonyl (C=O) groups is 1. The molecule has 3 aromatic carbocycles. The second kappa shape index (κ2) is 10.8. The SMILES string of the molecule is CCC(C)c1ccc(OC(=O)c2ccc(OCCc3ccccc3)c(Br)c2)c(Br)c1. The van der Waals surface area contributed by atoms with Crippen LogP contribution in [0.1, 0.15) is 47.7 Å². The third-order valence-corrected chi connectivity index (χ3v) is 6.24. The first-order chi connectivity index (χ1) is 14.5. The van der Waals surface area contributed by atoms with Crippen LogP contribution in [0.3, 0.4) is 0 Å². The molecule has 3 nitrogen and oxygen atoms in total. The maximum absolute atomic E-state index is 12.6. The molecule has 0 aliphatic heterocycles. The van der Waals surface area contributed by atoms with Crippen LogP contribution in [-0.2, 0) is 6.42 Å². The van der Waals surface area contributed by atoms with Crippen LogP contribution in [-0.4, -0.2) is 12.6 Å². The third-order valence-electron chi connectivity index (χ3n) is 5.00. The van der Waals surface area contributed by atoms with Gasteiger partial charge in [-0.05, 0) is 85.7 Å². The van der Waals surface area contributed by atoms with Crippen LogP contribution in [0.4, 0.5) is 0 Å². The molecule has 3 rings (SSSR count). The maximum atomic E-state index is 12.6. The van der Waals surface area contributed by atoms with Gasteiger partial charge in [0.05, 0.1) is 21.1 Å². The van der Waals surface area contributed by atoms with E-state index in [4.69, 9.17) is 9.47 Å². The van der Waals surface area contributed by atoms with E-state index in [-0.39, 0.29) is 0 Å². The fourth-order valence-electron chi connectivity index (χ4n) is 2.97. The Kier molecular flexibility index (Phi) is 8.11. The van der Waals surface area contributed by atoms with Crippen LogP contribution in [0, 0.1) is 0 Å². The van der Waals surface area contributed by atoms with Gasteiger partial charge in [-0.1, -0.05) is 50.2 Å². The van der Waals surface area contributed by atoms with Crippen LogP contribution in [0.15, 0.2) is 75.7 Å². The molecule has 30 heavy (non-hydrogen) atoms. The third kappa shape index (κ3) is 5.96. The highest BCUT2D eigenvalue weighted by molar-refractivity contribution is 9.10. The van der Waals surface area contributed by atoms with Gasteiger partial charge in [0.2, 0.25) is 0 Å². The lowest BCUT2D eigenvalue weighted by atomic mass is 9.99. The number of halogens is 2. The zero-order valence-electron chi connectivity index (χ0n) is 17.0. The molecule has 0 saturated carbocycles. The number of carbonyl (C=O) groups excluding carboxylic acids is 1. The molecule has 0 spiro atoms. The summed E-state index contributed by atoms with van der Waals surface area (Å²) in [5.41, 5.74) is 2.89. The molecule has 0 aliphatic carbocycles. The number of esters is 1. The van der Waals surface area contributed by atoms with Crippen molar-refractivity contribution in [2.24, 2.45) is 0 Å². The highest BCUT2D eigenvalue weighted by Gasteiger charge is 2.14. The molecule has 0 N–H and O–H groups in total. The topological polar surface area (TPSA) is 35.5 Å². The molecule has 0 aliphatic rings. The second-order valence-electron chi connectivity index (χ2n) is 7.12. The summed E-state index contributed by atoms with van der Waals surface area (Å²) in [7, 11) is 0. The van der Waals surface area contributed by atoms with Gasteiger partial charge in [-0.25, -0.2) is 4.79 Å². The van der Waals surface area contributed by atoms with Crippen LogP contribution in [0.25, 0.3) is 0 Å². The highest BCUT2D eigenvalue weighted by atomic mass is 79.9. The van der Waals surface area contributed by atoms with Gasteiger partial charge in [-0.15, -0.1) is 0 Å². The number of hydrogen-bond acceptors (Lipinski definition) is 3. The molecule has 0 aromatic heterocycles. The first-order valence-corrected chi connectivity index (χ1v) is 11.5. The zero-order valence-corrected chi connectivity index (χ0v) is 20.2. The van der Waals surface area contributed by atoms with E-state index in [1.807, 2.05) is 36.4 Å². The molecule has 0 radical (unpaired) electrons. The van der Waals surface area contributed by atoms with Crippen LogP contribution in [0.2, 0.25) is 0 Å². The Morgan fingerprint density at radius 2 is 1.63 bits per heavy atom. The van der Waals surface area contributed by atoms with Crippen molar-refractivity contribution in [1.29, 1.82) is 0 Å². The molecule has 0 fully saturated rings. The lowest BCUT2D eigenvalue weighted by Crippen LogP contribution is -2.09. The van der Waals surface area contributed by atoms with Crippen molar-refractivity contribution in [2.75, 3.05) is 6.61 Å². The predicted octanol–water partition coefficient (Wildman–Crippen LogP) is 7.57. The molecule has 0 saturated heterocycles. The molecule has 1 atom stereocenters. The number of ether oxygens (including phenoxy) is 2. The summed E-state index contributed by atoms with van der Waals surface area (Å²) < 4.78 is 12.9. The van der Waals surface area contributed by atoms with E-state index >= 15 is 0 Å². The molecular formula is C25H24Br2O3. The molecule has 3 aromatic rings. The standard InChI is InChI=1S/C25H24Br2O3/c1-3-17(2)19-9-12-24(22(27)15-19)30-25(28)20-10-11-23(21(26)16-20)29-14-13-18-7-5-4-6-8-18/h4-12,15-17H,3,13-14H2,1-2H3. The van der Waals surface area contributed by atoms with Crippen LogP contribution < -0.4 is 9.47 Å². The Bertz CT molecular complexity index is 1000. The predicted molar refractivity (Wildman–Crippen MR) is 128 cm³/mol. The summed E-state index contributed by atoms with van der Waals surface area (Å²) >= 11 is 7.01. The number of hydrogen-bond donors (Lipinski definition) is 0. The minimum atomic E-state index is -0.413. The van der Waals surface area contributed by atoms with Crippen molar-refractivity contribution in [1.82, 2.24) is 0 Å². The van der Waals surface area contributed by atoms with Gasteiger partial charge in [-0.3, -0.25) is 0 Å². The Morgan fingerprint density at radius 1 is 0.933 bits per heavy atom. The molecule has 1 unspecified atom stereocenters. The molecule has 0 heterocycles. The smallest absolute Gasteiger partial charge is 0.343 e. The van der Waals surface area contributed by atoms with E-state index in [9.17, 15) is 4.79 Å². The monoisotopic (exact) mass is 530 g/mol. The van der Waals surface area contributed by atoms with E-state index in [1.165, 1.54) is 11.1 Å². The van der Waals surface area contributed by atoms with Gasteiger partial charge in [0, 0.05) is 6.42 Å². The normalized spacial score (nSPS) is 11.7. The van der Waals surface area contributed by atoms with E-state index in [0.717, 1.165) is 21.8 Å². The van der Waals surface area contributed by atoms with Gasteiger partial charge in [0.25, 0.3) is 0 Å². The fourth-order valence-corrected chi connectivity index (χ4v) is 3.94. The minimum absolute atomic E-state index is 0.413. The zero-order chi connectivity index (χ0) is 21.5. The van der Waals surface area contributed by atoms with Crippen LogP contribution in [0.5, 0.6) is 11.5 Å². The van der Waals surface area contributed by atoms with E-state index in [1.54, 1.807) is 18.2 Å². The second-order valence-corrected chi connectivity index (χ2v) is 8.83. The van der Waals surface area contributed by atoms with Gasteiger partial charge < -0.3 is 9.47 Å². The Morgan fingerprint density at radius 3 is 2.30 bits per heavy atom. The lowest BCUT2D eigenvalue weighted by Gasteiger charge is -2.13. The molecule has 156 valence electrons. The summed E-state index contributed by atoms with van der Waals surface area (Å²) in [6.07, 6.45) is 1.87.